The van der Waals surface area contributed by atoms with E-state index in [-0.39, 0.29) is 0 Å². The zero-order valence-corrected chi connectivity index (χ0v) is 14.7. The lowest BCUT2D eigenvalue weighted by Crippen LogP contribution is -2.01. The predicted molar refractivity (Wildman–Crippen MR) is 91.9 cm³/mol. The van der Waals surface area contributed by atoms with E-state index in [9.17, 15) is 0 Å². The highest BCUT2D eigenvalue weighted by atomic mass is 79.9. The predicted octanol–water partition coefficient (Wildman–Crippen LogP) is 6.41. The molecule has 0 bridgehead atoms. The zero-order chi connectivity index (χ0) is 14.6. The quantitative estimate of drug-likeness (QED) is 0.334. The van der Waals surface area contributed by atoms with Crippen LogP contribution in [0.4, 0.5) is 0 Å². The van der Waals surface area contributed by atoms with Gasteiger partial charge in [-0.1, -0.05) is 86.0 Å². The molecule has 0 amide bonds. The Balaban J connectivity index is 2.12. The maximum Gasteiger partial charge on any atom is 0.126 e. The van der Waals surface area contributed by atoms with E-state index in [0.29, 0.717) is 0 Å². The number of unbranched alkanes of at least 4 members (excludes halogenated alkanes) is 7. The minimum atomic E-state index is 0.847. The van der Waals surface area contributed by atoms with Crippen LogP contribution in [0.1, 0.15) is 69.4 Å². The second kappa shape index (κ2) is 11.2. The van der Waals surface area contributed by atoms with Gasteiger partial charge in [-0.2, -0.15) is 0 Å². The largest absolute Gasteiger partial charge is 0.493 e. The van der Waals surface area contributed by atoms with Crippen molar-refractivity contribution in [2.24, 2.45) is 0 Å². The Bertz CT molecular complexity index is 362. The molecule has 0 fully saturated rings. The molecule has 0 aromatic heterocycles. The summed E-state index contributed by atoms with van der Waals surface area (Å²) in [5.74, 6) is 1.08. The molecule has 1 rings (SSSR count). The summed E-state index contributed by atoms with van der Waals surface area (Å²) in [5.41, 5.74) is 2.49. The summed E-state index contributed by atoms with van der Waals surface area (Å²) in [6.45, 7) is 5.24. The standard InChI is InChI=1S/C18H29BrO/c1-3-4-5-6-7-8-9-10-14-20-18-16(2)12-11-13-17(18)15-19/h11-13H,3-10,14-15H2,1-2H3. The molecule has 0 N–H and O–H groups in total. The smallest absolute Gasteiger partial charge is 0.126 e. The van der Waals surface area contributed by atoms with Crippen molar-refractivity contribution in [3.63, 3.8) is 0 Å². The van der Waals surface area contributed by atoms with Crippen molar-refractivity contribution in [2.45, 2.75) is 70.5 Å². The van der Waals surface area contributed by atoms with Crippen molar-refractivity contribution in [2.75, 3.05) is 6.61 Å². The molecule has 20 heavy (non-hydrogen) atoms. The van der Waals surface area contributed by atoms with Gasteiger partial charge in [0.25, 0.3) is 0 Å². The van der Waals surface area contributed by atoms with Crippen LogP contribution in [0.15, 0.2) is 18.2 Å². The number of para-hydroxylation sites is 1. The zero-order valence-electron chi connectivity index (χ0n) is 13.1. The van der Waals surface area contributed by atoms with Gasteiger partial charge in [-0.25, -0.2) is 0 Å². The molecule has 2 heteroatoms. The van der Waals surface area contributed by atoms with E-state index in [4.69, 9.17) is 4.74 Å². The van der Waals surface area contributed by atoms with Gasteiger partial charge in [-0.15, -0.1) is 0 Å². The molecule has 0 saturated carbocycles. The lowest BCUT2D eigenvalue weighted by Gasteiger charge is -2.12. The molecule has 0 heterocycles. The van der Waals surface area contributed by atoms with E-state index < -0.39 is 0 Å². The van der Waals surface area contributed by atoms with Gasteiger partial charge in [0, 0.05) is 10.9 Å². The number of benzene rings is 1. The van der Waals surface area contributed by atoms with E-state index in [0.717, 1.165) is 17.7 Å². The highest BCUT2D eigenvalue weighted by Crippen LogP contribution is 2.25. The van der Waals surface area contributed by atoms with Gasteiger partial charge in [0.2, 0.25) is 0 Å². The lowest BCUT2D eigenvalue weighted by atomic mass is 10.1. The Morgan fingerprint density at radius 2 is 1.60 bits per heavy atom. The number of hydrogen-bond donors (Lipinski definition) is 0. The number of ether oxygens (including phenoxy) is 1. The molecule has 0 aliphatic rings. The molecule has 0 aliphatic carbocycles. The molecular weight excluding hydrogens is 312 g/mol. The Morgan fingerprint density at radius 1 is 0.950 bits per heavy atom. The molecule has 114 valence electrons. The normalized spacial score (nSPS) is 10.8. The molecule has 1 aromatic rings. The summed E-state index contributed by atoms with van der Waals surface area (Å²) in [4.78, 5) is 0. The number of alkyl halides is 1. The summed E-state index contributed by atoms with van der Waals surface area (Å²) in [7, 11) is 0. The molecule has 0 radical (unpaired) electrons. The fraction of sp³-hybridized carbons (Fsp3) is 0.667. The Morgan fingerprint density at radius 3 is 2.25 bits per heavy atom. The lowest BCUT2D eigenvalue weighted by molar-refractivity contribution is 0.300. The minimum absolute atomic E-state index is 0.847. The van der Waals surface area contributed by atoms with Gasteiger partial charge in [-0.05, 0) is 18.9 Å². The fourth-order valence-corrected chi connectivity index (χ4v) is 2.88. The third-order valence-corrected chi connectivity index (χ3v) is 4.29. The van der Waals surface area contributed by atoms with Crippen LogP contribution < -0.4 is 4.74 Å². The minimum Gasteiger partial charge on any atom is -0.493 e. The second-order valence-corrected chi connectivity index (χ2v) is 6.08. The summed E-state index contributed by atoms with van der Waals surface area (Å²) in [5, 5.41) is 0.863. The summed E-state index contributed by atoms with van der Waals surface area (Å²) >= 11 is 3.53. The van der Waals surface area contributed by atoms with Gasteiger partial charge in [0.15, 0.2) is 0 Å². The maximum atomic E-state index is 5.97. The van der Waals surface area contributed by atoms with Crippen molar-refractivity contribution in [1.82, 2.24) is 0 Å². The van der Waals surface area contributed by atoms with Crippen LogP contribution in [-0.4, -0.2) is 6.61 Å². The molecule has 1 aromatic carbocycles. The third kappa shape index (κ3) is 6.78. The van der Waals surface area contributed by atoms with Crippen molar-refractivity contribution >= 4 is 15.9 Å². The monoisotopic (exact) mass is 340 g/mol. The average Bonchev–Trinajstić information content (AvgIpc) is 2.46. The Labute approximate surface area is 133 Å². The van der Waals surface area contributed by atoms with E-state index in [1.54, 1.807) is 0 Å². The van der Waals surface area contributed by atoms with Crippen LogP contribution in [0, 0.1) is 6.92 Å². The first kappa shape index (κ1) is 17.6. The van der Waals surface area contributed by atoms with Crippen LogP contribution in [0.25, 0.3) is 0 Å². The summed E-state index contributed by atoms with van der Waals surface area (Å²) in [6, 6.07) is 6.34. The Hall–Kier alpha value is -0.500. The molecular formula is C18H29BrO. The SMILES string of the molecule is CCCCCCCCCCOc1c(C)cccc1CBr. The number of aryl methyl sites for hydroxylation is 1. The topological polar surface area (TPSA) is 9.23 Å². The first-order valence-corrected chi connectivity index (χ1v) is 9.19. The van der Waals surface area contributed by atoms with Gasteiger partial charge >= 0.3 is 0 Å². The molecule has 0 saturated heterocycles. The van der Waals surface area contributed by atoms with Crippen LogP contribution in [0.2, 0.25) is 0 Å². The van der Waals surface area contributed by atoms with E-state index in [2.05, 4.69) is 48.0 Å². The highest BCUT2D eigenvalue weighted by Gasteiger charge is 2.05. The number of rotatable bonds is 11. The second-order valence-electron chi connectivity index (χ2n) is 5.52. The number of halogens is 1. The fourth-order valence-electron chi connectivity index (χ4n) is 2.44. The molecule has 0 unspecified atom stereocenters. The van der Waals surface area contributed by atoms with Crippen LogP contribution in [0.3, 0.4) is 0 Å². The van der Waals surface area contributed by atoms with E-state index in [1.165, 1.54) is 62.5 Å². The number of hydrogen-bond acceptors (Lipinski definition) is 1. The summed E-state index contributed by atoms with van der Waals surface area (Å²) in [6.07, 6.45) is 10.7. The van der Waals surface area contributed by atoms with E-state index in [1.807, 2.05) is 0 Å². The van der Waals surface area contributed by atoms with Gasteiger partial charge < -0.3 is 4.74 Å². The molecule has 0 spiro atoms. The molecule has 0 aliphatic heterocycles. The third-order valence-electron chi connectivity index (χ3n) is 3.68. The van der Waals surface area contributed by atoms with Crippen molar-refractivity contribution in [3.05, 3.63) is 29.3 Å². The average molecular weight is 341 g/mol. The Kier molecular flexibility index (Phi) is 9.82. The first-order chi connectivity index (χ1) is 9.79. The van der Waals surface area contributed by atoms with Crippen LogP contribution in [-0.2, 0) is 5.33 Å². The van der Waals surface area contributed by atoms with Crippen LogP contribution in [0.5, 0.6) is 5.75 Å². The van der Waals surface area contributed by atoms with E-state index >= 15 is 0 Å². The summed E-state index contributed by atoms with van der Waals surface area (Å²) < 4.78 is 5.97. The highest BCUT2D eigenvalue weighted by molar-refractivity contribution is 9.08. The first-order valence-electron chi connectivity index (χ1n) is 8.06. The van der Waals surface area contributed by atoms with Crippen molar-refractivity contribution < 1.29 is 4.74 Å². The van der Waals surface area contributed by atoms with Crippen molar-refractivity contribution in [1.29, 1.82) is 0 Å². The molecule has 1 nitrogen and oxygen atoms in total. The van der Waals surface area contributed by atoms with Crippen LogP contribution >= 0.6 is 15.9 Å². The maximum absolute atomic E-state index is 5.97. The molecule has 0 atom stereocenters. The van der Waals surface area contributed by atoms with Crippen molar-refractivity contribution in [3.8, 4) is 5.75 Å². The van der Waals surface area contributed by atoms with Gasteiger partial charge in [-0.3, -0.25) is 0 Å². The van der Waals surface area contributed by atoms with Gasteiger partial charge in [0.1, 0.15) is 5.75 Å². The van der Waals surface area contributed by atoms with Gasteiger partial charge in [0.05, 0.1) is 6.61 Å².